The largest absolute Gasteiger partial charge is 0.394 e. The minimum Gasteiger partial charge on any atom is -0.394 e. The zero-order valence-electron chi connectivity index (χ0n) is 15.5. The van der Waals surface area contributed by atoms with E-state index in [-0.39, 0.29) is 0 Å². The maximum absolute atomic E-state index is 10.4. The minimum absolute atomic E-state index is 0.456. The van der Waals surface area contributed by atoms with Gasteiger partial charge in [0.25, 0.3) is 0 Å². The van der Waals surface area contributed by atoms with Crippen LogP contribution >= 0.6 is 11.3 Å². The molecule has 2 radical (unpaired) electrons. The molecule has 3 rings (SSSR count). The highest BCUT2D eigenvalue weighted by atomic mass is 32.1. The van der Waals surface area contributed by atoms with E-state index in [4.69, 9.17) is 12.6 Å². The number of thiophene rings is 1. The lowest BCUT2D eigenvalue weighted by Crippen LogP contribution is -2.55. The van der Waals surface area contributed by atoms with E-state index in [1.807, 2.05) is 6.92 Å². The van der Waals surface area contributed by atoms with Crippen LogP contribution in [-0.2, 0) is 17.6 Å². The van der Waals surface area contributed by atoms with E-state index in [1.54, 1.807) is 0 Å². The van der Waals surface area contributed by atoms with Gasteiger partial charge >= 0.3 is 0 Å². The number of ether oxygens (including phenoxy) is 1. The molecule has 0 aliphatic carbocycles. The van der Waals surface area contributed by atoms with Crippen molar-refractivity contribution in [1.82, 2.24) is 0 Å². The first kappa shape index (κ1) is 20.5. The standard InChI is InChI=1S/C20H25BO5S/c1-3-11-4-6-12(7-5-11)8-14-10(2)15(21)20(27-14)19-18(25)17(24)16(23)13(9-22)26-19/h4-7,13,16-19,22-25H,3,8-9H2,1-2H3/t13-,16-,17+,18-,19-/m1/s1. The molecular weight excluding hydrogens is 363 g/mol. The summed E-state index contributed by atoms with van der Waals surface area (Å²) >= 11 is 1.43. The van der Waals surface area contributed by atoms with Crippen LogP contribution in [0.3, 0.4) is 0 Å². The van der Waals surface area contributed by atoms with Gasteiger partial charge in [-0.15, -0.1) is 11.3 Å². The molecule has 5 atom stereocenters. The lowest BCUT2D eigenvalue weighted by atomic mass is 9.85. The normalized spacial score (nSPS) is 28.4. The predicted molar refractivity (Wildman–Crippen MR) is 106 cm³/mol. The molecule has 1 saturated heterocycles. The Kier molecular flexibility index (Phi) is 6.41. The molecule has 1 aliphatic heterocycles. The molecule has 7 heteroatoms. The molecule has 27 heavy (non-hydrogen) atoms. The summed E-state index contributed by atoms with van der Waals surface area (Å²) in [5.74, 6) is 0. The Hall–Kier alpha value is -1.22. The molecule has 1 fully saturated rings. The molecule has 0 unspecified atom stereocenters. The second-order valence-corrected chi connectivity index (χ2v) is 8.16. The van der Waals surface area contributed by atoms with Gasteiger partial charge in [-0.05, 0) is 30.0 Å². The fraction of sp³-hybridized carbons (Fsp3) is 0.500. The van der Waals surface area contributed by atoms with Gasteiger partial charge in [-0.25, -0.2) is 0 Å². The van der Waals surface area contributed by atoms with Gasteiger partial charge in [0.1, 0.15) is 38.4 Å². The van der Waals surface area contributed by atoms with Gasteiger partial charge < -0.3 is 25.2 Å². The highest BCUT2D eigenvalue weighted by Gasteiger charge is 2.45. The van der Waals surface area contributed by atoms with Crippen molar-refractivity contribution in [2.24, 2.45) is 0 Å². The Bertz CT molecular complexity index is 773. The first-order valence-corrected chi connectivity index (χ1v) is 9.95. The van der Waals surface area contributed by atoms with E-state index in [0.29, 0.717) is 16.8 Å². The van der Waals surface area contributed by atoms with Crippen molar-refractivity contribution in [3.05, 3.63) is 50.7 Å². The van der Waals surface area contributed by atoms with Crippen LogP contribution in [0.25, 0.3) is 0 Å². The maximum atomic E-state index is 10.4. The van der Waals surface area contributed by atoms with Gasteiger partial charge in [0.2, 0.25) is 0 Å². The van der Waals surface area contributed by atoms with Gasteiger partial charge in [0.05, 0.1) is 6.61 Å². The second-order valence-electron chi connectivity index (χ2n) is 7.02. The Balaban J connectivity index is 1.87. The van der Waals surface area contributed by atoms with E-state index in [2.05, 4.69) is 31.2 Å². The molecule has 0 saturated carbocycles. The average molecular weight is 388 g/mol. The van der Waals surface area contributed by atoms with Crippen LogP contribution < -0.4 is 5.46 Å². The third-order valence-corrected chi connectivity index (χ3v) is 6.64. The van der Waals surface area contributed by atoms with Crippen LogP contribution in [-0.4, -0.2) is 59.3 Å². The fourth-order valence-electron chi connectivity index (χ4n) is 3.38. The highest BCUT2D eigenvalue weighted by molar-refractivity contribution is 7.13. The summed E-state index contributed by atoms with van der Waals surface area (Å²) in [5.41, 5.74) is 3.89. The van der Waals surface area contributed by atoms with Crippen LogP contribution in [0.4, 0.5) is 0 Å². The second kappa shape index (κ2) is 8.43. The third-order valence-electron chi connectivity index (χ3n) is 5.27. The highest BCUT2D eigenvalue weighted by Crippen LogP contribution is 2.36. The number of benzene rings is 1. The molecule has 2 heterocycles. The first-order valence-electron chi connectivity index (χ1n) is 9.13. The molecule has 0 bridgehead atoms. The summed E-state index contributed by atoms with van der Waals surface area (Å²) in [6.07, 6.45) is -4.23. The number of aliphatic hydroxyl groups is 4. The Morgan fingerprint density at radius 3 is 2.26 bits per heavy atom. The maximum Gasteiger partial charge on any atom is 0.120 e. The van der Waals surface area contributed by atoms with E-state index in [9.17, 15) is 20.4 Å². The summed E-state index contributed by atoms with van der Waals surface area (Å²) in [4.78, 5) is 1.67. The monoisotopic (exact) mass is 388 g/mol. The zero-order valence-corrected chi connectivity index (χ0v) is 16.3. The van der Waals surface area contributed by atoms with E-state index in [0.717, 1.165) is 22.4 Å². The number of aliphatic hydroxyl groups excluding tert-OH is 4. The number of hydrogen-bond acceptors (Lipinski definition) is 6. The molecule has 1 aliphatic rings. The Morgan fingerprint density at radius 2 is 1.67 bits per heavy atom. The Labute approximate surface area is 164 Å². The van der Waals surface area contributed by atoms with Crippen LogP contribution in [0.15, 0.2) is 24.3 Å². The minimum atomic E-state index is -1.41. The van der Waals surface area contributed by atoms with E-state index < -0.39 is 37.1 Å². The average Bonchev–Trinajstić information content (AvgIpc) is 2.95. The van der Waals surface area contributed by atoms with Gasteiger partial charge in [-0.2, -0.15) is 0 Å². The van der Waals surface area contributed by atoms with Crippen molar-refractivity contribution < 1.29 is 25.2 Å². The van der Waals surface area contributed by atoms with Crippen molar-refractivity contribution in [2.45, 2.75) is 57.2 Å². The lowest BCUT2D eigenvalue weighted by molar-refractivity contribution is -0.230. The first-order chi connectivity index (χ1) is 12.9. The molecule has 5 nitrogen and oxygen atoms in total. The van der Waals surface area contributed by atoms with Crippen molar-refractivity contribution >= 4 is 24.6 Å². The van der Waals surface area contributed by atoms with E-state index >= 15 is 0 Å². The molecule has 144 valence electrons. The molecule has 4 N–H and O–H groups in total. The fourth-order valence-corrected chi connectivity index (χ4v) is 4.72. The summed E-state index contributed by atoms with van der Waals surface area (Å²) in [7, 11) is 6.28. The number of aryl methyl sites for hydroxylation is 1. The van der Waals surface area contributed by atoms with Crippen molar-refractivity contribution in [3.8, 4) is 0 Å². The number of hydrogen-bond donors (Lipinski definition) is 4. The zero-order chi connectivity index (χ0) is 19.7. The SMILES string of the molecule is [B]c1c([C@@H]2O[C@H](CO)[C@@H](O)[C@H](O)[C@H]2O)sc(Cc2ccc(CC)cc2)c1C. The molecule has 1 aromatic carbocycles. The third kappa shape index (κ3) is 3.99. The predicted octanol–water partition coefficient (Wildman–Crippen LogP) is 0.518. The smallest absolute Gasteiger partial charge is 0.120 e. The van der Waals surface area contributed by atoms with E-state index in [1.165, 1.54) is 16.9 Å². The summed E-state index contributed by atoms with van der Waals surface area (Å²) in [6, 6.07) is 8.42. The quantitative estimate of drug-likeness (QED) is 0.561. The topological polar surface area (TPSA) is 90.2 Å². The molecule has 0 amide bonds. The molecule has 1 aromatic heterocycles. The molecule has 0 spiro atoms. The van der Waals surface area contributed by atoms with Crippen molar-refractivity contribution in [1.29, 1.82) is 0 Å². The van der Waals surface area contributed by atoms with Crippen LogP contribution in [0, 0.1) is 6.92 Å². The van der Waals surface area contributed by atoms with Crippen LogP contribution in [0.2, 0.25) is 0 Å². The lowest BCUT2D eigenvalue weighted by Gasteiger charge is -2.40. The summed E-state index contributed by atoms with van der Waals surface area (Å²) in [5, 5.41) is 39.8. The van der Waals surface area contributed by atoms with Crippen LogP contribution in [0.1, 0.15) is 39.5 Å². The van der Waals surface area contributed by atoms with Gasteiger partial charge in [-0.3, -0.25) is 0 Å². The summed E-state index contributed by atoms with van der Waals surface area (Å²) in [6.45, 7) is 3.59. The van der Waals surface area contributed by atoms with Gasteiger partial charge in [0, 0.05) is 16.2 Å². The van der Waals surface area contributed by atoms with Gasteiger partial charge in [-0.1, -0.05) is 36.7 Å². The number of rotatable bonds is 5. The molecular formula is C20H25BO5S. The van der Waals surface area contributed by atoms with Gasteiger partial charge in [0.15, 0.2) is 0 Å². The van der Waals surface area contributed by atoms with Crippen molar-refractivity contribution in [2.75, 3.05) is 6.61 Å². The Morgan fingerprint density at radius 1 is 1.04 bits per heavy atom. The van der Waals surface area contributed by atoms with Crippen molar-refractivity contribution in [3.63, 3.8) is 0 Å². The molecule has 2 aromatic rings. The van der Waals surface area contributed by atoms with Crippen LogP contribution in [0.5, 0.6) is 0 Å². The summed E-state index contributed by atoms with van der Waals surface area (Å²) < 4.78 is 5.67.